The topological polar surface area (TPSA) is 93.1 Å². The highest BCUT2D eigenvalue weighted by molar-refractivity contribution is 7.18. The van der Waals surface area contributed by atoms with E-state index in [1.165, 1.54) is 22.8 Å². The number of rotatable bonds is 2. The molecule has 0 bridgehead atoms. The molecule has 2 aromatic rings. The van der Waals surface area contributed by atoms with E-state index in [0.29, 0.717) is 11.3 Å². The predicted molar refractivity (Wildman–Crippen MR) is 87.7 cm³/mol. The Morgan fingerprint density at radius 2 is 2.26 bits per heavy atom. The van der Waals surface area contributed by atoms with Crippen molar-refractivity contribution in [2.75, 3.05) is 7.05 Å². The Hall–Kier alpha value is -2.22. The van der Waals surface area contributed by atoms with Crippen LogP contribution in [0, 0.1) is 5.92 Å². The maximum atomic E-state index is 12.7. The highest BCUT2D eigenvalue weighted by atomic mass is 32.1. The van der Waals surface area contributed by atoms with Crippen LogP contribution in [0.5, 0.6) is 0 Å². The zero-order valence-electron chi connectivity index (χ0n) is 13.0. The number of carbonyl (C=O) groups is 2. The number of nitrogens with one attached hydrogen (secondary N) is 2. The van der Waals surface area contributed by atoms with Crippen LogP contribution in [-0.2, 0) is 24.2 Å². The molecule has 2 heterocycles. The van der Waals surface area contributed by atoms with E-state index in [2.05, 4.69) is 22.5 Å². The van der Waals surface area contributed by atoms with Gasteiger partial charge in [-0.05, 0) is 30.7 Å². The Bertz CT molecular complexity index is 839. The summed E-state index contributed by atoms with van der Waals surface area (Å²) in [5.41, 5.74) is 0.871. The fourth-order valence-corrected chi connectivity index (χ4v) is 4.20. The molecule has 0 saturated carbocycles. The van der Waals surface area contributed by atoms with Gasteiger partial charge in [-0.15, -0.1) is 11.3 Å². The lowest BCUT2D eigenvalue weighted by Gasteiger charge is -2.17. The van der Waals surface area contributed by atoms with Gasteiger partial charge in [-0.3, -0.25) is 19.5 Å². The first-order valence-electron chi connectivity index (χ1n) is 7.50. The van der Waals surface area contributed by atoms with Gasteiger partial charge in [-0.2, -0.15) is 0 Å². The second-order valence-electron chi connectivity index (χ2n) is 5.84. The molecule has 0 aliphatic heterocycles. The van der Waals surface area contributed by atoms with E-state index < -0.39 is 11.9 Å². The average molecular weight is 334 g/mol. The maximum absolute atomic E-state index is 12.7. The van der Waals surface area contributed by atoms with Gasteiger partial charge in [0.15, 0.2) is 0 Å². The van der Waals surface area contributed by atoms with Crippen LogP contribution in [0.2, 0.25) is 0 Å². The first kappa shape index (κ1) is 15.7. The number of imide groups is 1. The lowest BCUT2D eigenvalue weighted by Crippen LogP contribution is -2.40. The molecule has 3 amide bonds. The molecule has 23 heavy (non-hydrogen) atoms. The predicted octanol–water partition coefficient (Wildman–Crippen LogP) is 1.04. The molecule has 7 nitrogen and oxygen atoms in total. The van der Waals surface area contributed by atoms with Crippen molar-refractivity contribution in [2.24, 2.45) is 5.92 Å². The third kappa shape index (κ3) is 2.98. The molecule has 0 spiro atoms. The summed E-state index contributed by atoms with van der Waals surface area (Å²) in [7, 11) is 1.42. The number of urea groups is 1. The Kier molecular flexibility index (Phi) is 4.16. The number of amides is 3. The van der Waals surface area contributed by atoms with E-state index in [1.54, 1.807) is 11.3 Å². The monoisotopic (exact) mass is 334 g/mol. The minimum absolute atomic E-state index is 0.214. The summed E-state index contributed by atoms with van der Waals surface area (Å²) in [6.45, 7) is 1.98. The van der Waals surface area contributed by atoms with Crippen molar-refractivity contribution in [1.82, 2.24) is 20.2 Å². The summed E-state index contributed by atoms with van der Waals surface area (Å²) in [6.07, 6.45) is 4.29. The molecule has 8 heteroatoms. The smallest absolute Gasteiger partial charge is 0.321 e. The standard InChI is InChI=1S/C15H18N4O3S/c1-8-3-4-9-10(5-8)23-13-12(9)14(21)19(7-17-13)6-11(20)18-15(22)16-2/h7-8H,3-6H2,1-2H3,(H2,16,18,20,22)/t8-/m1/s1. The van der Waals surface area contributed by atoms with Crippen LogP contribution in [0.15, 0.2) is 11.1 Å². The van der Waals surface area contributed by atoms with Crippen LogP contribution >= 0.6 is 11.3 Å². The number of hydrogen-bond acceptors (Lipinski definition) is 5. The van der Waals surface area contributed by atoms with Gasteiger partial charge in [0, 0.05) is 11.9 Å². The summed E-state index contributed by atoms with van der Waals surface area (Å²) >= 11 is 1.57. The lowest BCUT2D eigenvalue weighted by atomic mass is 9.89. The number of aryl methyl sites for hydroxylation is 1. The average Bonchev–Trinajstić information content (AvgIpc) is 2.88. The number of thiophene rings is 1. The largest absolute Gasteiger partial charge is 0.341 e. The number of hydrogen-bond donors (Lipinski definition) is 2. The molecule has 122 valence electrons. The van der Waals surface area contributed by atoms with Gasteiger partial charge in [0.05, 0.1) is 11.7 Å². The highest BCUT2D eigenvalue weighted by Gasteiger charge is 2.23. The molecule has 3 rings (SSSR count). The van der Waals surface area contributed by atoms with Crippen LogP contribution in [0.1, 0.15) is 23.8 Å². The molecule has 0 aromatic carbocycles. The van der Waals surface area contributed by atoms with Crippen LogP contribution in [0.3, 0.4) is 0 Å². The summed E-state index contributed by atoms with van der Waals surface area (Å²) in [6, 6.07) is -0.598. The minimum atomic E-state index is -0.598. The Morgan fingerprint density at radius 1 is 1.48 bits per heavy atom. The molecule has 0 saturated heterocycles. The zero-order valence-corrected chi connectivity index (χ0v) is 13.8. The Morgan fingerprint density at radius 3 is 3.00 bits per heavy atom. The third-order valence-electron chi connectivity index (χ3n) is 4.08. The van der Waals surface area contributed by atoms with Gasteiger partial charge in [0.25, 0.3) is 5.56 Å². The summed E-state index contributed by atoms with van der Waals surface area (Å²) in [5.74, 6) is 0.0708. The lowest BCUT2D eigenvalue weighted by molar-refractivity contribution is -0.120. The number of aromatic nitrogens is 2. The molecule has 2 aromatic heterocycles. The summed E-state index contributed by atoms with van der Waals surface area (Å²) in [4.78, 5) is 41.9. The van der Waals surface area contributed by atoms with Crippen molar-refractivity contribution in [3.63, 3.8) is 0 Å². The van der Waals surface area contributed by atoms with Crippen molar-refractivity contribution in [2.45, 2.75) is 32.7 Å². The normalized spacial score (nSPS) is 16.9. The zero-order chi connectivity index (χ0) is 16.6. The van der Waals surface area contributed by atoms with Crippen molar-refractivity contribution in [1.29, 1.82) is 0 Å². The first-order valence-corrected chi connectivity index (χ1v) is 8.32. The van der Waals surface area contributed by atoms with Gasteiger partial charge >= 0.3 is 6.03 Å². The fraction of sp³-hybridized carbons (Fsp3) is 0.467. The highest BCUT2D eigenvalue weighted by Crippen LogP contribution is 2.35. The van der Waals surface area contributed by atoms with Gasteiger partial charge in [0.2, 0.25) is 5.91 Å². The van der Waals surface area contributed by atoms with E-state index in [9.17, 15) is 14.4 Å². The van der Waals surface area contributed by atoms with Crippen molar-refractivity contribution < 1.29 is 9.59 Å². The quantitative estimate of drug-likeness (QED) is 0.858. The molecule has 1 aliphatic rings. The van der Waals surface area contributed by atoms with Crippen LogP contribution in [-0.4, -0.2) is 28.5 Å². The van der Waals surface area contributed by atoms with Gasteiger partial charge in [0.1, 0.15) is 11.4 Å². The molecule has 1 aliphatic carbocycles. The summed E-state index contributed by atoms with van der Waals surface area (Å²) in [5, 5.41) is 5.07. The fourth-order valence-electron chi connectivity index (χ4n) is 2.86. The molecular weight excluding hydrogens is 316 g/mol. The van der Waals surface area contributed by atoms with Crippen molar-refractivity contribution in [3.8, 4) is 0 Å². The molecule has 1 atom stereocenters. The van der Waals surface area contributed by atoms with Crippen LogP contribution < -0.4 is 16.2 Å². The van der Waals surface area contributed by atoms with Gasteiger partial charge in [-0.25, -0.2) is 9.78 Å². The molecule has 2 N–H and O–H groups in total. The van der Waals surface area contributed by atoms with E-state index in [4.69, 9.17) is 0 Å². The SMILES string of the molecule is CNC(=O)NC(=O)Cn1cnc2sc3c(c2c1=O)CC[C@@H](C)C3. The van der Waals surface area contributed by atoms with E-state index in [0.717, 1.165) is 29.7 Å². The first-order chi connectivity index (χ1) is 11.0. The molecule has 0 fully saturated rings. The maximum Gasteiger partial charge on any atom is 0.321 e. The Balaban J connectivity index is 1.94. The number of fused-ring (bicyclic) bond motifs is 3. The molecule has 0 radical (unpaired) electrons. The minimum Gasteiger partial charge on any atom is -0.341 e. The summed E-state index contributed by atoms with van der Waals surface area (Å²) < 4.78 is 1.26. The second-order valence-corrected chi connectivity index (χ2v) is 6.92. The number of carbonyl (C=O) groups excluding carboxylic acids is 2. The third-order valence-corrected chi connectivity index (χ3v) is 5.24. The van der Waals surface area contributed by atoms with E-state index >= 15 is 0 Å². The van der Waals surface area contributed by atoms with Gasteiger partial charge < -0.3 is 5.32 Å². The van der Waals surface area contributed by atoms with Crippen LogP contribution in [0.25, 0.3) is 10.2 Å². The van der Waals surface area contributed by atoms with E-state index in [-0.39, 0.29) is 12.1 Å². The Labute approximate surface area is 136 Å². The van der Waals surface area contributed by atoms with Crippen LogP contribution in [0.4, 0.5) is 4.79 Å². The van der Waals surface area contributed by atoms with Crippen molar-refractivity contribution >= 4 is 33.5 Å². The van der Waals surface area contributed by atoms with E-state index in [1.807, 2.05) is 0 Å². The molecule has 0 unspecified atom stereocenters. The second kappa shape index (κ2) is 6.11. The molecular formula is C15H18N4O3S. The van der Waals surface area contributed by atoms with Crippen molar-refractivity contribution in [3.05, 3.63) is 27.1 Å². The number of nitrogens with zero attached hydrogens (tertiary/aromatic N) is 2. The van der Waals surface area contributed by atoms with Gasteiger partial charge in [-0.1, -0.05) is 6.92 Å².